The lowest BCUT2D eigenvalue weighted by Gasteiger charge is -2.42. The average Bonchev–Trinajstić information content (AvgIpc) is 3.29. The van der Waals surface area contributed by atoms with E-state index in [2.05, 4.69) is 26.8 Å². The van der Waals surface area contributed by atoms with Crippen molar-refractivity contribution < 1.29 is 28.1 Å². The lowest BCUT2D eigenvalue weighted by molar-refractivity contribution is -0.123. The maximum Gasteiger partial charge on any atom is 0.410 e. The van der Waals surface area contributed by atoms with Crippen LogP contribution in [0.5, 0.6) is 6.01 Å². The number of amides is 1. The second kappa shape index (κ2) is 12.3. The molecule has 4 aromatic rings. The van der Waals surface area contributed by atoms with E-state index in [-0.39, 0.29) is 42.0 Å². The number of aromatic nitrogens is 4. The lowest BCUT2D eigenvalue weighted by Crippen LogP contribution is -2.57. The van der Waals surface area contributed by atoms with E-state index in [0.29, 0.717) is 29.9 Å². The summed E-state index contributed by atoms with van der Waals surface area (Å²) in [5, 5.41) is 2.26. The Morgan fingerprint density at radius 1 is 1.07 bits per heavy atom. The Labute approximate surface area is 261 Å². The predicted octanol–water partition coefficient (Wildman–Crippen LogP) is 5.53. The van der Waals surface area contributed by atoms with Crippen LogP contribution in [0.1, 0.15) is 46.1 Å². The predicted molar refractivity (Wildman–Crippen MR) is 168 cm³/mol. The normalized spacial score (nSPS) is 18.3. The standard InChI is InChI=1S/C33H39FN6O5/c1-7-19-9-8-10-20-13-35-14-23(26(19)20)28-27(34)29-24(15-36-28)30(38-31(37-29)44-18-25(42-5)43-6)39-16-21-11-12-22(17-39)40(21)32(41)45-33(2,3)4/h8-10,13-15,21-22,25H,7,11-12,16-18H2,1-6H3. The number of aryl methyl sites for hydroxylation is 1. The Morgan fingerprint density at radius 2 is 1.80 bits per heavy atom. The summed E-state index contributed by atoms with van der Waals surface area (Å²) in [5.74, 6) is -0.100. The Balaban J connectivity index is 1.43. The summed E-state index contributed by atoms with van der Waals surface area (Å²) in [6.45, 7) is 8.65. The van der Waals surface area contributed by atoms with Crippen molar-refractivity contribution in [2.24, 2.45) is 0 Å². The van der Waals surface area contributed by atoms with Crippen LogP contribution in [-0.2, 0) is 20.6 Å². The van der Waals surface area contributed by atoms with Crippen LogP contribution < -0.4 is 9.64 Å². The highest BCUT2D eigenvalue weighted by Gasteiger charge is 2.45. The fourth-order valence-corrected chi connectivity index (χ4v) is 6.37. The number of methoxy groups -OCH3 is 2. The third-order valence-electron chi connectivity index (χ3n) is 8.41. The van der Waals surface area contributed by atoms with Gasteiger partial charge in [0, 0.05) is 56.8 Å². The van der Waals surface area contributed by atoms with Crippen molar-refractivity contribution >= 4 is 33.6 Å². The number of rotatable bonds is 8. The number of benzene rings is 1. The third kappa shape index (κ3) is 5.96. The number of carbonyl (C=O) groups excluding carboxylic acids is 1. The van der Waals surface area contributed by atoms with E-state index in [0.717, 1.165) is 35.6 Å². The highest BCUT2D eigenvalue weighted by molar-refractivity contribution is 6.00. The van der Waals surface area contributed by atoms with Crippen LogP contribution >= 0.6 is 0 Å². The Hall–Kier alpha value is -4.16. The van der Waals surface area contributed by atoms with Crippen LogP contribution in [0.3, 0.4) is 0 Å². The lowest BCUT2D eigenvalue weighted by atomic mass is 9.97. The second-order valence-electron chi connectivity index (χ2n) is 12.5. The van der Waals surface area contributed by atoms with E-state index in [1.54, 1.807) is 18.6 Å². The third-order valence-corrected chi connectivity index (χ3v) is 8.41. The summed E-state index contributed by atoms with van der Waals surface area (Å²) in [6, 6.07) is 5.80. The first-order valence-corrected chi connectivity index (χ1v) is 15.3. The molecule has 0 saturated carbocycles. The van der Waals surface area contributed by atoms with Gasteiger partial charge in [0.1, 0.15) is 29.2 Å². The van der Waals surface area contributed by atoms with E-state index < -0.39 is 17.7 Å². The fourth-order valence-electron chi connectivity index (χ4n) is 6.37. The molecule has 0 radical (unpaired) electrons. The summed E-state index contributed by atoms with van der Waals surface area (Å²) in [7, 11) is 3.01. The zero-order chi connectivity index (χ0) is 31.9. The van der Waals surface area contributed by atoms with Gasteiger partial charge in [-0.15, -0.1) is 0 Å². The van der Waals surface area contributed by atoms with Gasteiger partial charge in [0.05, 0.1) is 17.5 Å². The topological polar surface area (TPSA) is 112 Å². The molecule has 2 aliphatic heterocycles. The van der Waals surface area contributed by atoms with E-state index >= 15 is 4.39 Å². The van der Waals surface area contributed by atoms with Crippen molar-refractivity contribution in [1.29, 1.82) is 0 Å². The molecule has 0 aliphatic carbocycles. The Bertz CT molecular complexity index is 1710. The van der Waals surface area contributed by atoms with Crippen LogP contribution in [0, 0.1) is 5.82 Å². The minimum Gasteiger partial charge on any atom is -0.458 e. The molecule has 2 saturated heterocycles. The highest BCUT2D eigenvalue weighted by Crippen LogP contribution is 2.39. The van der Waals surface area contributed by atoms with E-state index in [1.165, 1.54) is 14.2 Å². The Kier molecular flexibility index (Phi) is 8.45. The minimum atomic E-state index is -0.659. The van der Waals surface area contributed by atoms with Gasteiger partial charge in [-0.1, -0.05) is 25.1 Å². The van der Waals surface area contributed by atoms with Crippen LogP contribution in [0.2, 0.25) is 0 Å². The first kappa shape index (κ1) is 30.8. The van der Waals surface area contributed by atoms with Gasteiger partial charge in [-0.05, 0) is 51.0 Å². The van der Waals surface area contributed by atoms with Gasteiger partial charge in [-0.3, -0.25) is 14.9 Å². The van der Waals surface area contributed by atoms with Gasteiger partial charge in [0.15, 0.2) is 12.1 Å². The molecule has 2 atom stereocenters. The molecule has 238 valence electrons. The van der Waals surface area contributed by atoms with Crippen LogP contribution in [0.25, 0.3) is 32.9 Å². The molecule has 2 unspecified atom stereocenters. The quantitative estimate of drug-likeness (QED) is 0.234. The average molecular weight is 619 g/mol. The summed E-state index contributed by atoms with van der Waals surface area (Å²) in [6.07, 6.45) is 6.50. The molecule has 45 heavy (non-hydrogen) atoms. The van der Waals surface area contributed by atoms with Gasteiger partial charge in [0.25, 0.3) is 0 Å². The number of halogens is 1. The number of hydrogen-bond donors (Lipinski definition) is 0. The summed E-state index contributed by atoms with van der Waals surface area (Å²) in [4.78, 5) is 35.3. The number of carbonyl (C=O) groups is 1. The monoisotopic (exact) mass is 618 g/mol. The van der Waals surface area contributed by atoms with Gasteiger partial charge in [-0.2, -0.15) is 9.97 Å². The van der Waals surface area contributed by atoms with Crippen molar-refractivity contribution in [2.75, 3.05) is 38.8 Å². The SMILES string of the molecule is CCc1cccc2cncc(-c3ncc4c(N5CC6CCC(C5)N6C(=O)OC(C)(C)C)nc(OCC(OC)OC)nc4c3F)c12. The maximum absolute atomic E-state index is 16.7. The minimum absolute atomic E-state index is 0.00226. The van der Waals surface area contributed by atoms with Crippen molar-refractivity contribution in [3.8, 4) is 17.3 Å². The van der Waals surface area contributed by atoms with Crippen molar-refractivity contribution in [3.05, 3.63) is 48.2 Å². The molecule has 0 spiro atoms. The molecule has 2 aliphatic rings. The highest BCUT2D eigenvalue weighted by atomic mass is 19.1. The molecule has 2 fully saturated rings. The number of hydrogen-bond acceptors (Lipinski definition) is 10. The van der Waals surface area contributed by atoms with Gasteiger partial charge in [0.2, 0.25) is 0 Å². The first-order chi connectivity index (χ1) is 21.6. The van der Waals surface area contributed by atoms with Crippen LogP contribution in [-0.4, -0.2) is 88.8 Å². The summed E-state index contributed by atoms with van der Waals surface area (Å²) >= 11 is 0. The molecule has 6 rings (SSSR count). The summed E-state index contributed by atoms with van der Waals surface area (Å²) in [5.41, 5.74) is 1.30. The molecule has 2 bridgehead atoms. The number of anilines is 1. The molecule has 12 heteroatoms. The molecule has 1 aromatic carbocycles. The number of piperazine rings is 1. The molecule has 1 amide bonds. The molecular weight excluding hydrogens is 579 g/mol. The van der Waals surface area contributed by atoms with Gasteiger partial charge < -0.3 is 23.8 Å². The Morgan fingerprint density at radius 3 is 2.47 bits per heavy atom. The number of ether oxygens (including phenoxy) is 4. The fraction of sp³-hybridized carbons (Fsp3) is 0.485. The maximum atomic E-state index is 16.7. The molecular formula is C33H39FN6O5. The van der Waals surface area contributed by atoms with Crippen LogP contribution in [0.15, 0.2) is 36.8 Å². The van der Waals surface area contributed by atoms with E-state index in [1.807, 2.05) is 43.9 Å². The number of nitrogens with zero attached hydrogens (tertiary/aromatic N) is 6. The zero-order valence-electron chi connectivity index (χ0n) is 26.5. The molecule has 5 heterocycles. The van der Waals surface area contributed by atoms with Crippen molar-refractivity contribution in [2.45, 2.75) is 70.9 Å². The van der Waals surface area contributed by atoms with Gasteiger partial charge >= 0.3 is 12.1 Å². The summed E-state index contributed by atoms with van der Waals surface area (Å²) < 4.78 is 38.8. The van der Waals surface area contributed by atoms with Crippen LogP contribution in [0.4, 0.5) is 15.0 Å². The number of fused-ring (bicyclic) bond motifs is 4. The second-order valence-corrected chi connectivity index (χ2v) is 12.5. The smallest absolute Gasteiger partial charge is 0.410 e. The van der Waals surface area contributed by atoms with Crippen molar-refractivity contribution in [3.63, 3.8) is 0 Å². The van der Waals surface area contributed by atoms with Crippen molar-refractivity contribution in [1.82, 2.24) is 24.8 Å². The van der Waals surface area contributed by atoms with Gasteiger partial charge in [-0.25, -0.2) is 9.18 Å². The molecule has 0 N–H and O–H groups in total. The molecule has 11 nitrogen and oxygen atoms in total. The van der Waals surface area contributed by atoms with E-state index in [4.69, 9.17) is 23.9 Å². The van der Waals surface area contributed by atoms with E-state index in [9.17, 15) is 4.79 Å². The largest absolute Gasteiger partial charge is 0.458 e. The first-order valence-electron chi connectivity index (χ1n) is 15.3. The number of pyridine rings is 2. The molecule has 3 aromatic heterocycles. The zero-order valence-corrected chi connectivity index (χ0v) is 26.5.